The summed E-state index contributed by atoms with van der Waals surface area (Å²) < 4.78 is 11.0. The maximum absolute atomic E-state index is 11.9. The predicted molar refractivity (Wildman–Crippen MR) is 62.4 cm³/mol. The second-order valence-electron chi connectivity index (χ2n) is 5.36. The average Bonchev–Trinajstić information content (AvgIpc) is 2.14. The van der Waals surface area contributed by atoms with Gasteiger partial charge in [-0.25, -0.2) is 4.79 Å². The first-order valence-electron chi connectivity index (χ1n) is 5.95. The van der Waals surface area contributed by atoms with Crippen LogP contribution in [0.15, 0.2) is 0 Å². The van der Waals surface area contributed by atoms with E-state index in [4.69, 9.17) is 9.47 Å². The molecule has 1 amide bonds. The zero-order chi connectivity index (χ0) is 12.3. The van der Waals surface area contributed by atoms with Crippen molar-refractivity contribution in [2.75, 3.05) is 13.1 Å². The monoisotopic (exact) mass is 229 g/mol. The molecule has 1 aliphatic heterocycles. The minimum absolute atomic E-state index is 0.0891. The van der Waals surface area contributed by atoms with E-state index in [0.29, 0.717) is 13.1 Å². The van der Waals surface area contributed by atoms with Gasteiger partial charge in [-0.15, -0.1) is 0 Å². The zero-order valence-electron chi connectivity index (χ0n) is 10.9. The minimum Gasteiger partial charge on any atom is -0.444 e. The van der Waals surface area contributed by atoms with Gasteiger partial charge in [-0.1, -0.05) is 6.92 Å². The lowest BCUT2D eigenvalue weighted by molar-refractivity contribution is -0.0805. The van der Waals surface area contributed by atoms with Crippen molar-refractivity contribution in [1.29, 1.82) is 0 Å². The Balaban J connectivity index is 2.55. The Morgan fingerprint density at radius 2 is 2.06 bits per heavy atom. The quantitative estimate of drug-likeness (QED) is 0.693. The van der Waals surface area contributed by atoms with Gasteiger partial charge in [-0.3, -0.25) is 0 Å². The number of carbonyl (C=O) groups excluding carboxylic acids is 1. The van der Waals surface area contributed by atoms with Crippen LogP contribution in [0.25, 0.3) is 0 Å². The van der Waals surface area contributed by atoms with Crippen LogP contribution in [0.2, 0.25) is 0 Å². The maximum Gasteiger partial charge on any atom is 0.410 e. The molecule has 0 aromatic heterocycles. The molecule has 0 bridgehead atoms. The Hall–Kier alpha value is -0.770. The normalized spacial score (nSPS) is 26.7. The Kier molecular flexibility index (Phi) is 4.19. The summed E-state index contributed by atoms with van der Waals surface area (Å²) in [6.45, 7) is 10.9. The van der Waals surface area contributed by atoms with Gasteiger partial charge in [-0.05, 0) is 34.1 Å². The van der Waals surface area contributed by atoms with Crippen molar-refractivity contribution in [3.8, 4) is 0 Å². The first-order chi connectivity index (χ1) is 7.31. The van der Waals surface area contributed by atoms with E-state index in [2.05, 4.69) is 6.92 Å². The van der Waals surface area contributed by atoms with Crippen LogP contribution in [0.1, 0.15) is 41.0 Å². The van der Waals surface area contributed by atoms with Crippen LogP contribution in [0.5, 0.6) is 0 Å². The molecular formula is C12H23NO3. The fourth-order valence-corrected chi connectivity index (χ4v) is 1.75. The summed E-state index contributed by atoms with van der Waals surface area (Å²) in [6.07, 6.45) is 0.910. The summed E-state index contributed by atoms with van der Waals surface area (Å²) in [6, 6.07) is 0. The van der Waals surface area contributed by atoms with Crippen molar-refractivity contribution in [3.63, 3.8) is 0 Å². The van der Waals surface area contributed by atoms with E-state index >= 15 is 0 Å². The predicted octanol–water partition coefficient (Wildman–Crippen LogP) is 2.42. The first-order valence-corrected chi connectivity index (χ1v) is 5.95. The molecule has 0 N–H and O–H groups in total. The number of morpholine rings is 1. The summed E-state index contributed by atoms with van der Waals surface area (Å²) in [5.74, 6) is 0. The van der Waals surface area contributed by atoms with Gasteiger partial charge in [-0.2, -0.15) is 0 Å². The molecule has 0 saturated carbocycles. The molecule has 1 rings (SSSR count). The lowest BCUT2D eigenvalue weighted by atomic mass is 10.2. The number of ether oxygens (including phenoxy) is 2. The molecule has 1 aliphatic rings. The van der Waals surface area contributed by atoms with Gasteiger partial charge in [0.15, 0.2) is 0 Å². The standard InChI is InChI=1S/C12H23NO3/c1-6-10-8-13(7-9(2)15-10)11(14)16-12(3,4)5/h9-10H,6-8H2,1-5H3/t9-,10+/m1/s1. The number of rotatable bonds is 1. The summed E-state index contributed by atoms with van der Waals surface area (Å²) in [5, 5.41) is 0. The van der Waals surface area contributed by atoms with Crippen molar-refractivity contribution in [1.82, 2.24) is 4.90 Å². The molecule has 1 fully saturated rings. The average molecular weight is 229 g/mol. The summed E-state index contributed by atoms with van der Waals surface area (Å²) in [4.78, 5) is 13.6. The third-order valence-electron chi connectivity index (χ3n) is 2.43. The minimum atomic E-state index is -0.430. The third kappa shape index (κ3) is 4.00. The van der Waals surface area contributed by atoms with Gasteiger partial charge in [0.1, 0.15) is 5.60 Å². The number of nitrogens with zero attached hydrogens (tertiary/aromatic N) is 1. The van der Waals surface area contributed by atoms with Gasteiger partial charge in [0.2, 0.25) is 0 Å². The van der Waals surface area contributed by atoms with Crippen LogP contribution in [0, 0.1) is 0 Å². The van der Waals surface area contributed by atoms with E-state index in [1.165, 1.54) is 0 Å². The maximum atomic E-state index is 11.9. The van der Waals surface area contributed by atoms with Crippen LogP contribution in [-0.4, -0.2) is 41.9 Å². The highest BCUT2D eigenvalue weighted by Crippen LogP contribution is 2.17. The van der Waals surface area contributed by atoms with Gasteiger partial charge in [0, 0.05) is 0 Å². The third-order valence-corrected chi connectivity index (χ3v) is 2.43. The Morgan fingerprint density at radius 1 is 1.44 bits per heavy atom. The molecule has 0 spiro atoms. The van der Waals surface area contributed by atoms with Gasteiger partial charge in [0.05, 0.1) is 25.3 Å². The van der Waals surface area contributed by atoms with Crippen LogP contribution < -0.4 is 0 Å². The summed E-state index contributed by atoms with van der Waals surface area (Å²) in [5.41, 5.74) is -0.430. The van der Waals surface area contributed by atoms with Crippen LogP contribution >= 0.6 is 0 Å². The zero-order valence-corrected chi connectivity index (χ0v) is 10.9. The number of hydrogen-bond donors (Lipinski definition) is 0. The Bertz CT molecular complexity index is 247. The van der Waals surface area contributed by atoms with Crippen LogP contribution in [0.3, 0.4) is 0 Å². The van der Waals surface area contributed by atoms with E-state index in [0.717, 1.165) is 6.42 Å². The number of carbonyl (C=O) groups is 1. The highest BCUT2D eigenvalue weighted by atomic mass is 16.6. The summed E-state index contributed by atoms with van der Waals surface area (Å²) in [7, 11) is 0. The van der Waals surface area contributed by atoms with E-state index in [1.807, 2.05) is 27.7 Å². The van der Waals surface area contributed by atoms with E-state index in [1.54, 1.807) is 4.90 Å². The summed E-state index contributed by atoms with van der Waals surface area (Å²) >= 11 is 0. The second kappa shape index (κ2) is 5.04. The molecule has 2 atom stereocenters. The van der Waals surface area contributed by atoms with Crippen molar-refractivity contribution >= 4 is 6.09 Å². The van der Waals surface area contributed by atoms with Gasteiger partial charge < -0.3 is 14.4 Å². The van der Waals surface area contributed by atoms with Gasteiger partial charge in [0.25, 0.3) is 0 Å². The van der Waals surface area contributed by atoms with Crippen molar-refractivity contribution in [3.05, 3.63) is 0 Å². The molecule has 0 unspecified atom stereocenters. The molecule has 0 aromatic rings. The van der Waals surface area contributed by atoms with Crippen LogP contribution in [0.4, 0.5) is 4.79 Å². The molecule has 0 aromatic carbocycles. The first kappa shape index (κ1) is 13.3. The SMILES string of the molecule is CC[C@H]1CN(C(=O)OC(C)(C)C)C[C@@H](C)O1. The fourth-order valence-electron chi connectivity index (χ4n) is 1.75. The second-order valence-corrected chi connectivity index (χ2v) is 5.36. The molecule has 94 valence electrons. The highest BCUT2D eigenvalue weighted by molar-refractivity contribution is 5.68. The Morgan fingerprint density at radius 3 is 2.56 bits per heavy atom. The van der Waals surface area contributed by atoms with E-state index in [-0.39, 0.29) is 18.3 Å². The fraction of sp³-hybridized carbons (Fsp3) is 0.917. The van der Waals surface area contributed by atoms with Crippen molar-refractivity contribution in [2.45, 2.75) is 58.8 Å². The van der Waals surface area contributed by atoms with Crippen molar-refractivity contribution in [2.24, 2.45) is 0 Å². The molecule has 0 aliphatic carbocycles. The van der Waals surface area contributed by atoms with Gasteiger partial charge >= 0.3 is 6.09 Å². The molecule has 1 heterocycles. The largest absolute Gasteiger partial charge is 0.444 e. The molecule has 4 nitrogen and oxygen atoms in total. The van der Waals surface area contributed by atoms with E-state index < -0.39 is 5.60 Å². The molecule has 1 saturated heterocycles. The van der Waals surface area contributed by atoms with E-state index in [9.17, 15) is 4.79 Å². The molecule has 0 radical (unpaired) electrons. The molecule has 16 heavy (non-hydrogen) atoms. The van der Waals surface area contributed by atoms with Crippen molar-refractivity contribution < 1.29 is 14.3 Å². The topological polar surface area (TPSA) is 38.8 Å². The molecule has 4 heteroatoms. The number of hydrogen-bond acceptors (Lipinski definition) is 3. The lowest BCUT2D eigenvalue weighted by Crippen LogP contribution is -2.50. The lowest BCUT2D eigenvalue weighted by Gasteiger charge is -2.37. The number of amides is 1. The Labute approximate surface area is 97.9 Å². The van der Waals surface area contributed by atoms with Crippen LogP contribution in [-0.2, 0) is 9.47 Å². The smallest absolute Gasteiger partial charge is 0.410 e. The molecular weight excluding hydrogens is 206 g/mol. The highest BCUT2D eigenvalue weighted by Gasteiger charge is 2.30.